The van der Waals surface area contributed by atoms with Gasteiger partial charge in [-0.2, -0.15) is 12.6 Å². The van der Waals surface area contributed by atoms with Crippen LogP contribution in [0.1, 0.15) is 26.7 Å². The monoisotopic (exact) mass is 289 g/mol. The Balaban J connectivity index is 3.66. The molecule has 0 rings (SSSR count). The highest BCUT2D eigenvalue weighted by Crippen LogP contribution is 1.97. The average molecular weight is 289 g/mol. The number of thiol groups is 1. The molecule has 0 heterocycles. The molecule has 19 heavy (non-hydrogen) atoms. The SMILES string of the molecule is CC(C)C(=O)CCNC(=O)CCNC(=O)C(N)CS. The van der Waals surface area contributed by atoms with Crippen molar-refractivity contribution in [2.45, 2.75) is 32.7 Å². The molecule has 0 aliphatic carbocycles. The molecule has 1 unspecified atom stereocenters. The first-order chi connectivity index (χ1) is 8.88. The molecule has 0 aliphatic heterocycles. The van der Waals surface area contributed by atoms with Crippen LogP contribution in [0.15, 0.2) is 0 Å². The summed E-state index contributed by atoms with van der Waals surface area (Å²) < 4.78 is 0. The maximum atomic E-state index is 11.4. The van der Waals surface area contributed by atoms with Crippen molar-refractivity contribution < 1.29 is 14.4 Å². The Hall–Kier alpha value is -1.08. The van der Waals surface area contributed by atoms with Crippen molar-refractivity contribution in [1.82, 2.24) is 10.6 Å². The molecule has 1 atom stereocenters. The lowest BCUT2D eigenvalue weighted by Gasteiger charge is -2.10. The van der Waals surface area contributed by atoms with E-state index in [-0.39, 0.29) is 42.2 Å². The molecule has 0 radical (unpaired) electrons. The second kappa shape index (κ2) is 9.80. The molecule has 0 aromatic carbocycles. The predicted molar refractivity (Wildman–Crippen MR) is 76.9 cm³/mol. The van der Waals surface area contributed by atoms with E-state index in [1.165, 1.54) is 0 Å². The number of carbonyl (C=O) groups excluding carboxylic acids is 3. The maximum absolute atomic E-state index is 11.4. The van der Waals surface area contributed by atoms with Crippen LogP contribution in [0.25, 0.3) is 0 Å². The summed E-state index contributed by atoms with van der Waals surface area (Å²) in [4.78, 5) is 34.0. The van der Waals surface area contributed by atoms with Crippen LogP contribution in [0.2, 0.25) is 0 Å². The lowest BCUT2D eigenvalue weighted by molar-refractivity contribution is -0.122. The van der Waals surface area contributed by atoms with Crippen LogP contribution in [0.3, 0.4) is 0 Å². The van der Waals surface area contributed by atoms with E-state index in [9.17, 15) is 14.4 Å². The highest BCUT2D eigenvalue weighted by Gasteiger charge is 2.11. The standard InChI is InChI=1S/C12H23N3O3S/c1-8(2)10(16)3-5-14-11(17)4-6-15-12(18)9(13)7-19/h8-9,19H,3-7,13H2,1-2H3,(H,14,17)(H,15,18). The molecule has 0 aliphatic rings. The Bertz CT molecular complexity index is 321. The molecule has 110 valence electrons. The highest BCUT2D eigenvalue weighted by atomic mass is 32.1. The molecular formula is C12H23N3O3S. The molecule has 2 amide bonds. The van der Waals surface area contributed by atoms with Crippen LogP contribution in [-0.4, -0.2) is 42.5 Å². The summed E-state index contributed by atoms with van der Waals surface area (Å²) in [5.41, 5.74) is 5.45. The third kappa shape index (κ3) is 8.61. The Morgan fingerprint density at radius 1 is 1.11 bits per heavy atom. The Morgan fingerprint density at radius 3 is 2.21 bits per heavy atom. The van der Waals surface area contributed by atoms with Gasteiger partial charge in [-0.05, 0) is 0 Å². The zero-order valence-corrected chi connectivity index (χ0v) is 12.3. The van der Waals surface area contributed by atoms with E-state index in [1.54, 1.807) is 0 Å². The van der Waals surface area contributed by atoms with Crippen LogP contribution >= 0.6 is 12.6 Å². The molecular weight excluding hydrogens is 266 g/mol. The van der Waals surface area contributed by atoms with Gasteiger partial charge in [0.1, 0.15) is 5.78 Å². The smallest absolute Gasteiger partial charge is 0.237 e. The van der Waals surface area contributed by atoms with Gasteiger partial charge in [-0.25, -0.2) is 0 Å². The van der Waals surface area contributed by atoms with Gasteiger partial charge in [0.2, 0.25) is 11.8 Å². The predicted octanol–water partition coefficient (Wildman–Crippen LogP) is -0.519. The minimum atomic E-state index is -0.657. The number of hydrogen-bond acceptors (Lipinski definition) is 5. The molecule has 0 aromatic rings. The van der Waals surface area contributed by atoms with Gasteiger partial charge in [0.05, 0.1) is 6.04 Å². The first-order valence-corrected chi connectivity index (χ1v) is 6.95. The first kappa shape index (κ1) is 17.9. The number of rotatable bonds is 9. The molecule has 6 nitrogen and oxygen atoms in total. The van der Waals surface area contributed by atoms with Crippen LogP contribution in [0.4, 0.5) is 0 Å². The van der Waals surface area contributed by atoms with Gasteiger partial charge >= 0.3 is 0 Å². The minimum Gasteiger partial charge on any atom is -0.356 e. The van der Waals surface area contributed by atoms with Crippen molar-refractivity contribution in [2.75, 3.05) is 18.8 Å². The maximum Gasteiger partial charge on any atom is 0.237 e. The number of hydrogen-bond donors (Lipinski definition) is 4. The van der Waals surface area contributed by atoms with Gasteiger partial charge in [0.25, 0.3) is 0 Å². The van der Waals surface area contributed by atoms with Gasteiger partial charge in [-0.3, -0.25) is 14.4 Å². The van der Waals surface area contributed by atoms with E-state index in [2.05, 4.69) is 23.3 Å². The molecule has 0 bridgehead atoms. The van der Waals surface area contributed by atoms with Crippen LogP contribution in [0, 0.1) is 5.92 Å². The Labute approximate surface area is 119 Å². The second-order valence-electron chi connectivity index (χ2n) is 4.55. The normalized spacial score (nSPS) is 12.1. The molecule has 7 heteroatoms. The molecule has 0 fully saturated rings. The zero-order chi connectivity index (χ0) is 14.8. The number of ketones is 1. The Kier molecular flexibility index (Phi) is 9.24. The van der Waals surface area contributed by atoms with E-state index in [0.717, 1.165) is 0 Å². The third-order valence-corrected chi connectivity index (χ3v) is 2.92. The molecule has 0 aromatic heterocycles. The van der Waals surface area contributed by atoms with Crippen molar-refractivity contribution in [3.8, 4) is 0 Å². The van der Waals surface area contributed by atoms with E-state index in [0.29, 0.717) is 13.0 Å². The number of nitrogens with one attached hydrogen (secondary N) is 2. The number of carbonyl (C=O) groups is 3. The van der Waals surface area contributed by atoms with E-state index >= 15 is 0 Å². The lowest BCUT2D eigenvalue weighted by Crippen LogP contribution is -2.43. The molecule has 0 saturated carbocycles. The van der Waals surface area contributed by atoms with Crippen molar-refractivity contribution in [3.63, 3.8) is 0 Å². The van der Waals surface area contributed by atoms with Crippen LogP contribution < -0.4 is 16.4 Å². The third-order valence-electron chi connectivity index (χ3n) is 2.52. The fourth-order valence-electron chi connectivity index (χ4n) is 1.22. The van der Waals surface area contributed by atoms with Crippen molar-refractivity contribution in [2.24, 2.45) is 11.7 Å². The lowest BCUT2D eigenvalue weighted by atomic mass is 10.1. The molecule has 0 spiro atoms. The van der Waals surface area contributed by atoms with E-state index < -0.39 is 6.04 Å². The number of amides is 2. The first-order valence-electron chi connectivity index (χ1n) is 6.32. The largest absolute Gasteiger partial charge is 0.356 e. The summed E-state index contributed by atoms with van der Waals surface area (Å²) in [5.74, 6) is -0.156. The summed E-state index contributed by atoms with van der Waals surface area (Å²) in [6.45, 7) is 4.21. The van der Waals surface area contributed by atoms with Crippen molar-refractivity contribution in [3.05, 3.63) is 0 Å². The minimum absolute atomic E-state index is 0.0149. The van der Waals surface area contributed by atoms with E-state index in [1.807, 2.05) is 13.8 Å². The average Bonchev–Trinajstić information content (AvgIpc) is 2.37. The highest BCUT2D eigenvalue weighted by molar-refractivity contribution is 7.80. The molecule has 0 saturated heterocycles. The second-order valence-corrected chi connectivity index (χ2v) is 4.92. The van der Waals surface area contributed by atoms with Gasteiger partial charge in [0.15, 0.2) is 0 Å². The summed E-state index contributed by atoms with van der Waals surface area (Å²) in [5, 5.41) is 5.17. The van der Waals surface area contributed by atoms with Crippen molar-refractivity contribution in [1.29, 1.82) is 0 Å². The van der Waals surface area contributed by atoms with Crippen molar-refractivity contribution >= 4 is 30.2 Å². The number of Topliss-reactive ketones (excluding diaryl/α,β-unsaturated/α-hetero) is 1. The molecule has 4 N–H and O–H groups in total. The van der Waals surface area contributed by atoms with Gasteiger partial charge in [-0.1, -0.05) is 13.8 Å². The fourth-order valence-corrected chi connectivity index (χ4v) is 1.38. The van der Waals surface area contributed by atoms with Gasteiger partial charge in [0, 0.05) is 37.6 Å². The zero-order valence-electron chi connectivity index (χ0n) is 11.4. The quantitative estimate of drug-likeness (QED) is 0.429. The summed E-state index contributed by atoms with van der Waals surface area (Å²) in [7, 11) is 0. The van der Waals surface area contributed by atoms with Gasteiger partial charge < -0.3 is 16.4 Å². The Morgan fingerprint density at radius 2 is 1.68 bits per heavy atom. The van der Waals surface area contributed by atoms with E-state index in [4.69, 9.17) is 5.73 Å². The number of nitrogens with two attached hydrogens (primary N) is 1. The van der Waals surface area contributed by atoms with Crippen LogP contribution in [-0.2, 0) is 14.4 Å². The fraction of sp³-hybridized carbons (Fsp3) is 0.750. The summed E-state index contributed by atoms with van der Waals surface area (Å²) >= 11 is 3.90. The van der Waals surface area contributed by atoms with Gasteiger partial charge in [-0.15, -0.1) is 0 Å². The topological polar surface area (TPSA) is 101 Å². The van der Waals surface area contributed by atoms with Crippen LogP contribution in [0.5, 0.6) is 0 Å². The summed E-state index contributed by atoms with van der Waals surface area (Å²) in [6.07, 6.45) is 0.501. The summed E-state index contributed by atoms with van der Waals surface area (Å²) in [6, 6.07) is -0.657.